The molecule has 1 N–H and O–H groups in total. The molecule has 108 valence electrons. The zero-order chi connectivity index (χ0) is 13.8. The fraction of sp³-hybridized carbons (Fsp3) is 0.800. The van der Waals surface area contributed by atoms with Crippen molar-refractivity contribution in [3.8, 4) is 0 Å². The van der Waals surface area contributed by atoms with E-state index in [-0.39, 0.29) is 0 Å². The molecule has 19 heavy (non-hydrogen) atoms. The second kappa shape index (κ2) is 6.71. The molecule has 0 aromatic carbocycles. The van der Waals surface area contributed by atoms with E-state index in [1.807, 2.05) is 11.3 Å². The first-order valence-electron chi connectivity index (χ1n) is 7.55. The quantitative estimate of drug-likeness (QED) is 0.789. The molecule has 1 saturated carbocycles. The van der Waals surface area contributed by atoms with Gasteiger partial charge in [0.05, 0.1) is 5.69 Å². The predicted octanol–water partition coefficient (Wildman–Crippen LogP) is 3.58. The smallest absolute Gasteiger partial charge is 0.186 e. The van der Waals surface area contributed by atoms with Gasteiger partial charge in [0.15, 0.2) is 5.13 Å². The van der Waals surface area contributed by atoms with Crippen LogP contribution in [0.2, 0.25) is 0 Å². The summed E-state index contributed by atoms with van der Waals surface area (Å²) >= 11 is 1.88. The van der Waals surface area contributed by atoms with Crippen molar-refractivity contribution < 1.29 is 0 Å². The largest absolute Gasteiger partial charge is 0.345 e. The Morgan fingerprint density at radius 3 is 2.74 bits per heavy atom. The molecule has 0 spiro atoms. The lowest BCUT2D eigenvalue weighted by Gasteiger charge is -2.20. The van der Waals surface area contributed by atoms with E-state index in [0.717, 1.165) is 25.7 Å². The zero-order valence-corrected chi connectivity index (χ0v) is 13.5. The molecular formula is C15H27N3S. The molecular weight excluding hydrogens is 254 g/mol. The first-order valence-corrected chi connectivity index (χ1v) is 8.37. The number of anilines is 1. The number of hydrogen-bond acceptors (Lipinski definition) is 4. The minimum Gasteiger partial charge on any atom is -0.345 e. The molecule has 0 atom stereocenters. The number of hydrogen-bond donors (Lipinski definition) is 1. The summed E-state index contributed by atoms with van der Waals surface area (Å²) in [6, 6.07) is 0.766. The lowest BCUT2D eigenvalue weighted by molar-refractivity contribution is 0.554. The normalized spacial score (nSPS) is 15.2. The van der Waals surface area contributed by atoms with Crippen LogP contribution in [0.15, 0.2) is 0 Å². The van der Waals surface area contributed by atoms with Crippen LogP contribution in [-0.2, 0) is 6.54 Å². The molecule has 4 heteroatoms. The highest BCUT2D eigenvalue weighted by molar-refractivity contribution is 7.15. The Kier molecular flexibility index (Phi) is 5.22. The highest BCUT2D eigenvalue weighted by Gasteiger charge is 2.30. The second-order valence-electron chi connectivity index (χ2n) is 5.95. The third-order valence-electron chi connectivity index (χ3n) is 3.42. The summed E-state index contributed by atoms with van der Waals surface area (Å²) in [6.45, 7) is 12.1. The summed E-state index contributed by atoms with van der Waals surface area (Å²) in [4.78, 5) is 8.71. The maximum absolute atomic E-state index is 4.79. The van der Waals surface area contributed by atoms with Gasteiger partial charge in [-0.15, -0.1) is 11.3 Å². The molecule has 1 fully saturated rings. The van der Waals surface area contributed by atoms with Gasteiger partial charge in [0.1, 0.15) is 0 Å². The highest BCUT2D eigenvalue weighted by atomic mass is 32.1. The van der Waals surface area contributed by atoms with Crippen LogP contribution in [0.5, 0.6) is 0 Å². The van der Waals surface area contributed by atoms with E-state index in [1.54, 1.807) is 0 Å². The molecule has 0 radical (unpaired) electrons. The van der Waals surface area contributed by atoms with E-state index in [2.05, 4.69) is 37.9 Å². The topological polar surface area (TPSA) is 28.2 Å². The first kappa shape index (κ1) is 14.8. The Bertz CT molecular complexity index is 396. The predicted molar refractivity (Wildman–Crippen MR) is 84.1 cm³/mol. The molecule has 1 aromatic rings. The number of nitrogens with zero attached hydrogens (tertiary/aromatic N) is 2. The highest BCUT2D eigenvalue weighted by Crippen LogP contribution is 2.35. The van der Waals surface area contributed by atoms with Gasteiger partial charge in [-0.3, -0.25) is 0 Å². The van der Waals surface area contributed by atoms with Gasteiger partial charge in [0.25, 0.3) is 0 Å². The lowest BCUT2D eigenvalue weighted by Crippen LogP contribution is -2.26. The maximum atomic E-state index is 4.79. The Morgan fingerprint density at radius 2 is 2.16 bits per heavy atom. The van der Waals surface area contributed by atoms with Crippen molar-refractivity contribution in [2.24, 2.45) is 5.92 Å². The minimum atomic E-state index is 0.704. The molecule has 0 amide bonds. The van der Waals surface area contributed by atoms with Crippen LogP contribution in [0.4, 0.5) is 5.13 Å². The monoisotopic (exact) mass is 281 g/mol. The minimum absolute atomic E-state index is 0.704. The number of thiazole rings is 1. The van der Waals surface area contributed by atoms with Crippen LogP contribution in [0.3, 0.4) is 0 Å². The number of rotatable bonds is 8. The Hall–Kier alpha value is -0.610. The van der Waals surface area contributed by atoms with Crippen molar-refractivity contribution in [1.82, 2.24) is 10.3 Å². The van der Waals surface area contributed by atoms with Crippen LogP contribution in [0.25, 0.3) is 0 Å². The van der Waals surface area contributed by atoms with E-state index >= 15 is 0 Å². The summed E-state index contributed by atoms with van der Waals surface area (Å²) in [5.41, 5.74) is 1.21. The third kappa shape index (κ3) is 4.18. The Labute approximate surface area is 121 Å². The van der Waals surface area contributed by atoms with Crippen LogP contribution >= 0.6 is 11.3 Å². The fourth-order valence-corrected chi connectivity index (χ4v) is 3.36. The van der Waals surface area contributed by atoms with Gasteiger partial charge in [0.2, 0.25) is 0 Å². The van der Waals surface area contributed by atoms with E-state index in [9.17, 15) is 0 Å². The molecule has 0 saturated heterocycles. The molecule has 1 aliphatic carbocycles. The Balaban J connectivity index is 1.98. The van der Waals surface area contributed by atoms with Crippen LogP contribution in [-0.4, -0.2) is 24.1 Å². The van der Waals surface area contributed by atoms with Gasteiger partial charge in [-0.1, -0.05) is 20.8 Å². The number of aromatic nitrogens is 1. The first-order chi connectivity index (χ1) is 9.11. The van der Waals surface area contributed by atoms with Gasteiger partial charge < -0.3 is 10.2 Å². The number of aryl methyl sites for hydroxylation is 1. The van der Waals surface area contributed by atoms with E-state index in [1.165, 1.54) is 35.0 Å². The maximum Gasteiger partial charge on any atom is 0.186 e. The van der Waals surface area contributed by atoms with E-state index < -0.39 is 0 Å². The van der Waals surface area contributed by atoms with Gasteiger partial charge >= 0.3 is 0 Å². The van der Waals surface area contributed by atoms with Gasteiger partial charge in [-0.05, 0) is 38.6 Å². The van der Waals surface area contributed by atoms with Gasteiger partial charge in [-0.2, -0.15) is 0 Å². The van der Waals surface area contributed by atoms with Crippen molar-refractivity contribution in [3.63, 3.8) is 0 Å². The average Bonchev–Trinajstić information content (AvgIpc) is 3.11. The van der Waals surface area contributed by atoms with E-state index in [4.69, 9.17) is 4.98 Å². The second-order valence-corrected chi connectivity index (χ2v) is 7.02. The van der Waals surface area contributed by atoms with Crippen molar-refractivity contribution in [1.29, 1.82) is 0 Å². The van der Waals surface area contributed by atoms with Crippen molar-refractivity contribution in [2.45, 2.75) is 59.5 Å². The standard InChI is InChI=1S/C15H27N3S/c1-5-8-18(13-6-7-13)15-17-12(4)14(19-15)10-16-9-11(2)3/h11,13,16H,5-10H2,1-4H3. The van der Waals surface area contributed by atoms with Crippen molar-refractivity contribution >= 4 is 16.5 Å². The SMILES string of the molecule is CCCN(c1nc(C)c(CNCC(C)C)s1)C1CC1. The molecule has 3 nitrogen and oxygen atoms in total. The van der Waals surface area contributed by atoms with Crippen LogP contribution in [0.1, 0.15) is 50.6 Å². The zero-order valence-electron chi connectivity index (χ0n) is 12.7. The number of nitrogens with one attached hydrogen (secondary N) is 1. The third-order valence-corrected chi connectivity index (χ3v) is 4.61. The average molecular weight is 281 g/mol. The van der Waals surface area contributed by atoms with Gasteiger partial charge in [-0.25, -0.2) is 4.98 Å². The van der Waals surface area contributed by atoms with Crippen molar-refractivity contribution in [3.05, 3.63) is 10.6 Å². The van der Waals surface area contributed by atoms with Crippen molar-refractivity contribution in [2.75, 3.05) is 18.0 Å². The van der Waals surface area contributed by atoms with Gasteiger partial charge in [0, 0.05) is 24.0 Å². The molecule has 2 rings (SSSR count). The molecule has 0 unspecified atom stereocenters. The molecule has 1 aliphatic rings. The van der Waals surface area contributed by atoms with E-state index in [0.29, 0.717) is 5.92 Å². The fourth-order valence-electron chi connectivity index (χ4n) is 2.24. The lowest BCUT2D eigenvalue weighted by atomic mass is 10.2. The molecule has 1 heterocycles. The summed E-state index contributed by atoms with van der Waals surface area (Å²) < 4.78 is 0. The molecule has 0 bridgehead atoms. The van der Waals surface area contributed by atoms with Crippen LogP contribution < -0.4 is 10.2 Å². The summed E-state index contributed by atoms with van der Waals surface area (Å²) in [5.74, 6) is 0.704. The summed E-state index contributed by atoms with van der Waals surface area (Å²) in [6.07, 6.45) is 3.90. The summed E-state index contributed by atoms with van der Waals surface area (Å²) in [5, 5.41) is 4.76. The molecule has 1 aromatic heterocycles. The van der Waals surface area contributed by atoms with Crippen LogP contribution in [0, 0.1) is 12.8 Å². The molecule has 0 aliphatic heterocycles. The summed E-state index contributed by atoms with van der Waals surface area (Å²) in [7, 11) is 0. The Morgan fingerprint density at radius 1 is 1.42 bits per heavy atom.